The molecule has 9 heteroatoms. The van der Waals surface area contributed by atoms with Crippen LogP contribution in [0, 0.1) is 0 Å². The van der Waals surface area contributed by atoms with Crippen LogP contribution in [0.3, 0.4) is 0 Å². The summed E-state index contributed by atoms with van der Waals surface area (Å²) in [6.07, 6.45) is 3.72. The number of carbonyl (C=O) groups excluding carboxylic acids is 2. The van der Waals surface area contributed by atoms with E-state index in [4.69, 9.17) is 9.72 Å². The predicted molar refractivity (Wildman–Crippen MR) is 119 cm³/mol. The molecular formula is C22H21N5O3S. The Bertz CT molecular complexity index is 1250. The molecule has 0 atom stereocenters. The van der Waals surface area contributed by atoms with Crippen molar-refractivity contribution in [2.45, 2.75) is 26.8 Å². The molecule has 0 spiro atoms. The zero-order chi connectivity index (χ0) is 21.8. The molecule has 158 valence electrons. The van der Waals surface area contributed by atoms with Gasteiger partial charge in [0.05, 0.1) is 41.7 Å². The number of nitrogens with zero attached hydrogens (tertiary/aromatic N) is 4. The number of nitrogens with one attached hydrogen (secondary N) is 1. The lowest BCUT2D eigenvalue weighted by atomic mass is 10.1. The first-order valence-corrected chi connectivity index (χ1v) is 10.8. The second-order valence-electron chi connectivity index (χ2n) is 6.74. The lowest BCUT2D eigenvalue weighted by Gasteiger charge is -2.08. The Balaban J connectivity index is 1.63. The van der Waals surface area contributed by atoms with Crippen molar-refractivity contribution in [3.8, 4) is 11.3 Å². The lowest BCUT2D eigenvalue weighted by molar-refractivity contribution is -0.142. The zero-order valence-electron chi connectivity index (χ0n) is 17.2. The van der Waals surface area contributed by atoms with Gasteiger partial charge in [-0.05, 0) is 26.0 Å². The number of anilines is 1. The first kappa shape index (κ1) is 20.7. The van der Waals surface area contributed by atoms with Crippen LogP contribution >= 0.6 is 11.3 Å². The number of fused-ring (bicyclic) bond motifs is 1. The molecule has 0 aliphatic heterocycles. The Morgan fingerprint density at radius 1 is 1.19 bits per heavy atom. The highest BCUT2D eigenvalue weighted by atomic mass is 32.1. The first-order valence-electron chi connectivity index (χ1n) is 9.91. The molecule has 0 saturated carbocycles. The molecule has 0 fully saturated rings. The van der Waals surface area contributed by atoms with Crippen LogP contribution < -0.4 is 5.32 Å². The van der Waals surface area contributed by atoms with Crippen molar-refractivity contribution in [3.63, 3.8) is 0 Å². The number of pyridine rings is 1. The number of benzene rings is 1. The first-order chi connectivity index (χ1) is 15.1. The largest absolute Gasteiger partial charge is 0.466 e. The van der Waals surface area contributed by atoms with Crippen LogP contribution in [-0.4, -0.2) is 38.2 Å². The van der Waals surface area contributed by atoms with E-state index in [1.54, 1.807) is 24.6 Å². The number of aryl methyl sites for hydroxylation is 1. The van der Waals surface area contributed by atoms with Gasteiger partial charge in [-0.1, -0.05) is 18.2 Å². The summed E-state index contributed by atoms with van der Waals surface area (Å²) in [4.78, 5) is 33.8. The minimum atomic E-state index is -0.344. The highest BCUT2D eigenvalue weighted by Crippen LogP contribution is 2.26. The smallest absolute Gasteiger partial charge is 0.311 e. The molecule has 0 radical (unpaired) electrons. The standard InChI is InChI=1S/C22H21N5O3S/c1-3-27-12-14(11-23-27)19-10-17(16-7-5-6-8-18(16)25-19)21(29)26-22-24-15(13-31-22)9-20(28)30-4-2/h5-8,10-13H,3-4,9H2,1-2H3,(H,24,26,29). The maximum Gasteiger partial charge on any atom is 0.311 e. The average Bonchev–Trinajstić information content (AvgIpc) is 3.42. The summed E-state index contributed by atoms with van der Waals surface area (Å²) in [5, 5.41) is 10.0. The van der Waals surface area contributed by atoms with Gasteiger partial charge in [-0.25, -0.2) is 9.97 Å². The van der Waals surface area contributed by atoms with Gasteiger partial charge in [0.15, 0.2) is 5.13 Å². The molecule has 1 N–H and O–H groups in total. The van der Waals surface area contributed by atoms with Crippen LogP contribution in [0.15, 0.2) is 48.1 Å². The van der Waals surface area contributed by atoms with Crippen molar-refractivity contribution in [2.75, 3.05) is 11.9 Å². The van der Waals surface area contributed by atoms with Crippen molar-refractivity contribution >= 4 is 39.2 Å². The van der Waals surface area contributed by atoms with Gasteiger partial charge in [-0.3, -0.25) is 19.6 Å². The summed E-state index contributed by atoms with van der Waals surface area (Å²) in [5.41, 5.74) is 3.29. The minimum absolute atomic E-state index is 0.0734. The molecule has 0 aliphatic rings. The third kappa shape index (κ3) is 4.61. The number of para-hydroxylation sites is 1. The highest BCUT2D eigenvalue weighted by Gasteiger charge is 2.17. The van der Waals surface area contributed by atoms with Gasteiger partial charge in [0, 0.05) is 29.1 Å². The molecule has 3 aromatic heterocycles. The average molecular weight is 436 g/mol. The number of esters is 1. The van der Waals surface area contributed by atoms with E-state index in [9.17, 15) is 9.59 Å². The fourth-order valence-electron chi connectivity index (χ4n) is 3.15. The molecule has 0 bridgehead atoms. The third-order valence-corrected chi connectivity index (χ3v) is 5.42. The van der Waals surface area contributed by atoms with Crippen molar-refractivity contribution in [1.82, 2.24) is 19.7 Å². The van der Waals surface area contributed by atoms with Crippen LogP contribution in [0.1, 0.15) is 29.9 Å². The summed E-state index contributed by atoms with van der Waals surface area (Å²) in [5.74, 6) is -0.636. The fraction of sp³-hybridized carbons (Fsp3) is 0.227. The number of carbonyl (C=O) groups is 2. The summed E-state index contributed by atoms with van der Waals surface area (Å²) in [6.45, 7) is 4.83. The van der Waals surface area contributed by atoms with E-state index in [2.05, 4.69) is 15.4 Å². The monoisotopic (exact) mass is 435 g/mol. The lowest BCUT2D eigenvalue weighted by Crippen LogP contribution is -2.13. The summed E-state index contributed by atoms with van der Waals surface area (Å²) in [7, 11) is 0. The maximum atomic E-state index is 13.1. The number of rotatable bonds is 7. The van der Waals surface area contributed by atoms with Crippen LogP contribution in [0.2, 0.25) is 0 Å². The van der Waals surface area contributed by atoms with Gasteiger partial charge in [0.1, 0.15) is 0 Å². The SMILES string of the molecule is CCOC(=O)Cc1csc(NC(=O)c2cc(-c3cnn(CC)c3)nc3ccccc23)n1. The Kier molecular flexibility index (Phi) is 6.03. The quantitative estimate of drug-likeness (QED) is 0.442. The van der Waals surface area contributed by atoms with E-state index in [0.717, 1.165) is 23.0 Å². The number of hydrogen-bond donors (Lipinski definition) is 1. The van der Waals surface area contributed by atoms with Gasteiger partial charge >= 0.3 is 5.97 Å². The predicted octanol–water partition coefficient (Wildman–Crippen LogP) is 3.93. The molecule has 0 aliphatic carbocycles. The van der Waals surface area contributed by atoms with E-state index in [1.165, 1.54) is 11.3 Å². The van der Waals surface area contributed by atoms with Gasteiger partial charge in [-0.2, -0.15) is 5.10 Å². The third-order valence-electron chi connectivity index (χ3n) is 4.62. The van der Waals surface area contributed by atoms with E-state index >= 15 is 0 Å². The Hall–Kier alpha value is -3.59. The van der Waals surface area contributed by atoms with Crippen LogP contribution in [-0.2, 0) is 22.5 Å². The van der Waals surface area contributed by atoms with Crippen LogP contribution in [0.25, 0.3) is 22.2 Å². The Labute approximate surface area is 182 Å². The van der Waals surface area contributed by atoms with Gasteiger partial charge < -0.3 is 4.74 Å². The summed E-state index contributed by atoms with van der Waals surface area (Å²) >= 11 is 1.27. The number of ether oxygens (including phenoxy) is 1. The highest BCUT2D eigenvalue weighted by molar-refractivity contribution is 7.14. The summed E-state index contributed by atoms with van der Waals surface area (Å²) in [6, 6.07) is 9.27. The molecule has 31 heavy (non-hydrogen) atoms. The fourth-order valence-corrected chi connectivity index (χ4v) is 3.86. The molecule has 0 saturated heterocycles. The molecular weight excluding hydrogens is 414 g/mol. The molecule has 3 heterocycles. The number of amides is 1. The van der Waals surface area contributed by atoms with Crippen LogP contribution in [0.5, 0.6) is 0 Å². The summed E-state index contributed by atoms with van der Waals surface area (Å²) < 4.78 is 6.76. The maximum absolute atomic E-state index is 13.1. The molecule has 4 aromatic rings. The van der Waals surface area contributed by atoms with Gasteiger partial charge in [-0.15, -0.1) is 11.3 Å². The van der Waals surface area contributed by atoms with E-state index in [-0.39, 0.29) is 18.3 Å². The normalized spacial score (nSPS) is 10.9. The topological polar surface area (TPSA) is 99.0 Å². The van der Waals surface area contributed by atoms with Gasteiger partial charge in [0.25, 0.3) is 5.91 Å². The zero-order valence-corrected chi connectivity index (χ0v) is 18.0. The van der Waals surface area contributed by atoms with E-state index in [1.807, 2.05) is 42.1 Å². The number of hydrogen-bond acceptors (Lipinski definition) is 7. The molecule has 1 aromatic carbocycles. The number of thiazole rings is 1. The molecule has 8 nitrogen and oxygen atoms in total. The second kappa shape index (κ2) is 9.05. The minimum Gasteiger partial charge on any atom is -0.466 e. The van der Waals surface area contributed by atoms with Crippen molar-refractivity contribution in [3.05, 3.63) is 59.4 Å². The van der Waals surface area contributed by atoms with Crippen molar-refractivity contribution in [1.29, 1.82) is 0 Å². The Morgan fingerprint density at radius 3 is 2.81 bits per heavy atom. The molecule has 0 unspecified atom stereocenters. The molecule has 4 rings (SSSR count). The Morgan fingerprint density at radius 2 is 2.03 bits per heavy atom. The second-order valence-corrected chi connectivity index (χ2v) is 7.59. The van der Waals surface area contributed by atoms with E-state index < -0.39 is 0 Å². The number of aromatic nitrogens is 4. The molecule has 1 amide bonds. The van der Waals surface area contributed by atoms with Gasteiger partial charge in [0.2, 0.25) is 0 Å². The van der Waals surface area contributed by atoms with Crippen molar-refractivity contribution < 1.29 is 14.3 Å². The van der Waals surface area contributed by atoms with Crippen molar-refractivity contribution in [2.24, 2.45) is 0 Å². The van der Waals surface area contributed by atoms with E-state index in [0.29, 0.717) is 28.7 Å². The van der Waals surface area contributed by atoms with Crippen LogP contribution in [0.4, 0.5) is 5.13 Å².